The molecule has 0 aromatic heterocycles. The van der Waals surface area contributed by atoms with Gasteiger partial charge in [0.1, 0.15) is 6.54 Å². The maximum absolute atomic E-state index is 13.2. The van der Waals surface area contributed by atoms with E-state index in [1.165, 1.54) is 11.1 Å². The lowest BCUT2D eigenvalue weighted by Gasteiger charge is -2.33. The Morgan fingerprint density at radius 3 is 2.21 bits per heavy atom. The first-order chi connectivity index (χ1) is 13.8. The summed E-state index contributed by atoms with van der Waals surface area (Å²) in [4.78, 5) is 26.9. The van der Waals surface area contributed by atoms with Gasteiger partial charge in [0.05, 0.1) is 17.4 Å². The Labute approximate surface area is 173 Å². The molecule has 2 aromatic rings. The van der Waals surface area contributed by atoms with Crippen LogP contribution >= 0.6 is 0 Å². The predicted molar refractivity (Wildman–Crippen MR) is 118 cm³/mol. The number of carbonyl (C=O) groups is 2. The van der Waals surface area contributed by atoms with Crippen molar-refractivity contribution < 1.29 is 9.59 Å². The topological polar surface area (TPSA) is 61.4 Å². The zero-order chi connectivity index (χ0) is 21.1. The molecule has 154 valence electrons. The molecule has 0 spiro atoms. The maximum Gasteiger partial charge on any atom is 0.244 e. The monoisotopic (exact) mass is 393 g/mol. The molecule has 3 rings (SSSR count). The van der Waals surface area contributed by atoms with Gasteiger partial charge in [0, 0.05) is 6.04 Å². The van der Waals surface area contributed by atoms with Gasteiger partial charge in [0.2, 0.25) is 11.8 Å². The number of carbonyl (C=O) groups excluding carboxylic acids is 2. The number of hydrogen-bond acceptors (Lipinski definition) is 3. The second-order valence-corrected chi connectivity index (χ2v) is 8.42. The Kier molecular flexibility index (Phi) is 6.38. The summed E-state index contributed by atoms with van der Waals surface area (Å²) in [6, 6.07) is 15.6. The van der Waals surface area contributed by atoms with E-state index in [0.29, 0.717) is 17.5 Å². The van der Waals surface area contributed by atoms with Crippen LogP contribution in [0.15, 0.2) is 48.5 Å². The third-order valence-corrected chi connectivity index (χ3v) is 5.47. The van der Waals surface area contributed by atoms with Gasteiger partial charge < -0.3 is 5.32 Å². The van der Waals surface area contributed by atoms with Crippen molar-refractivity contribution in [2.24, 2.45) is 5.92 Å². The highest BCUT2D eigenvalue weighted by Crippen LogP contribution is 2.30. The normalized spacial score (nSPS) is 15.8. The van der Waals surface area contributed by atoms with Crippen LogP contribution in [-0.2, 0) is 9.59 Å². The molecule has 5 heteroatoms. The number of amides is 2. The number of hydrogen-bond donors (Lipinski definition) is 2. The van der Waals surface area contributed by atoms with Crippen LogP contribution < -0.4 is 15.5 Å². The number of fused-ring (bicyclic) bond motifs is 1. The fourth-order valence-electron chi connectivity index (χ4n) is 3.77. The fraction of sp³-hybridized carbons (Fsp3) is 0.417. The van der Waals surface area contributed by atoms with Crippen LogP contribution in [0.4, 0.5) is 11.4 Å². The summed E-state index contributed by atoms with van der Waals surface area (Å²) in [7, 11) is 0. The van der Waals surface area contributed by atoms with Crippen molar-refractivity contribution in [2.75, 3.05) is 16.8 Å². The summed E-state index contributed by atoms with van der Waals surface area (Å²) in [5.74, 6) is 0.526. The highest BCUT2D eigenvalue weighted by Gasteiger charge is 2.31. The minimum atomic E-state index is -0.425. The molecule has 5 nitrogen and oxygen atoms in total. The molecule has 1 aliphatic rings. The molecule has 0 saturated heterocycles. The average molecular weight is 394 g/mol. The molecule has 29 heavy (non-hydrogen) atoms. The van der Waals surface area contributed by atoms with Crippen LogP contribution in [0.25, 0.3) is 0 Å². The van der Waals surface area contributed by atoms with Crippen LogP contribution in [0.3, 0.4) is 0 Å². The number of anilines is 2. The molecule has 0 unspecified atom stereocenters. The zero-order valence-corrected chi connectivity index (χ0v) is 17.9. The van der Waals surface area contributed by atoms with Crippen LogP contribution in [0, 0.1) is 5.92 Å². The van der Waals surface area contributed by atoms with Gasteiger partial charge in [-0.2, -0.15) is 0 Å². The van der Waals surface area contributed by atoms with E-state index in [4.69, 9.17) is 0 Å². The Hall–Kier alpha value is -2.66. The highest BCUT2D eigenvalue weighted by molar-refractivity contribution is 6.11. The molecular weight excluding hydrogens is 362 g/mol. The summed E-state index contributed by atoms with van der Waals surface area (Å²) in [6.07, 6.45) is 0. The van der Waals surface area contributed by atoms with Crippen molar-refractivity contribution >= 4 is 23.2 Å². The lowest BCUT2D eigenvalue weighted by molar-refractivity contribution is -0.123. The largest absolute Gasteiger partial charge is 0.323 e. The van der Waals surface area contributed by atoms with Crippen molar-refractivity contribution in [1.29, 1.82) is 0 Å². The molecule has 2 atom stereocenters. The summed E-state index contributed by atoms with van der Waals surface area (Å²) < 4.78 is 0. The predicted octanol–water partition coefficient (Wildman–Crippen LogP) is 4.47. The van der Waals surface area contributed by atoms with Crippen molar-refractivity contribution in [3.8, 4) is 0 Å². The van der Waals surface area contributed by atoms with Gasteiger partial charge in [-0.3, -0.25) is 19.8 Å². The number of nitrogens with zero attached hydrogens (tertiary/aromatic N) is 1. The van der Waals surface area contributed by atoms with Crippen LogP contribution in [-0.4, -0.2) is 24.4 Å². The van der Waals surface area contributed by atoms with Gasteiger partial charge in [0.15, 0.2) is 0 Å². The van der Waals surface area contributed by atoms with Gasteiger partial charge in [-0.25, -0.2) is 0 Å². The van der Waals surface area contributed by atoms with E-state index in [-0.39, 0.29) is 24.4 Å². The Balaban J connectivity index is 1.79. The third kappa shape index (κ3) is 4.67. The maximum atomic E-state index is 13.2. The Bertz CT molecular complexity index is 874. The number of rotatable bonds is 6. The van der Waals surface area contributed by atoms with Crippen molar-refractivity contribution in [3.63, 3.8) is 0 Å². The first-order valence-electron chi connectivity index (χ1n) is 10.3. The van der Waals surface area contributed by atoms with E-state index < -0.39 is 6.04 Å². The molecule has 1 heterocycles. The van der Waals surface area contributed by atoms with E-state index >= 15 is 0 Å². The number of benzene rings is 2. The first kappa shape index (κ1) is 21.1. The summed E-state index contributed by atoms with van der Waals surface area (Å²) in [5.41, 5.74) is 3.89. The van der Waals surface area contributed by atoms with Crippen molar-refractivity contribution in [3.05, 3.63) is 59.7 Å². The molecule has 0 radical (unpaired) electrons. The minimum absolute atomic E-state index is 0.0390. The van der Waals surface area contributed by atoms with E-state index in [0.717, 1.165) is 5.69 Å². The van der Waals surface area contributed by atoms with Gasteiger partial charge in [-0.15, -0.1) is 0 Å². The summed E-state index contributed by atoms with van der Waals surface area (Å²) in [6.45, 7) is 10.6. The lowest BCUT2D eigenvalue weighted by Crippen LogP contribution is -2.51. The minimum Gasteiger partial charge on any atom is -0.323 e. The standard InChI is InChI=1S/C24H31N3O2/c1-15(2)18-10-12-19(13-11-18)23(16(3)4)25-17(5)24(29)27-14-22(28)26-20-8-6-7-9-21(20)27/h6-13,15-17,23,25H,14H2,1-5H3,(H,26,28)/t17-,23+/m1/s1. The highest BCUT2D eigenvalue weighted by atomic mass is 16.2. The van der Waals surface area contributed by atoms with Gasteiger partial charge in [-0.05, 0) is 42.0 Å². The molecule has 0 aliphatic carbocycles. The summed E-state index contributed by atoms with van der Waals surface area (Å²) >= 11 is 0. The second-order valence-electron chi connectivity index (χ2n) is 8.42. The number of para-hydroxylation sites is 2. The molecule has 2 amide bonds. The van der Waals surface area contributed by atoms with E-state index in [1.54, 1.807) is 4.90 Å². The molecular formula is C24H31N3O2. The quantitative estimate of drug-likeness (QED) is 0.761. The van der Waals surface area contributed by atoms with Gasteiger partial charge >= 0.3 is 0 Å². The van der Waals surface area contributed by atoms with Crippen LogP contribution in [0.2, 0.25) is 0 Å². The average Bonchev–Trinajstić information content (AvgIpc) is 2.70. The molecule has 2 aromatic carbocycles. The Morgan fingerprint density at radius 2 is 1.59 bits per heavy atom. The van der Waals surface area contributed by atoms with Gasteiger partial charge in [0.25, 0.3) is 0 Å². The SMILES string of the molecule is CC(C)c1ccc([C@@H](N[C@H](C)C(=O)N2CC(=O)Nc3ccccc32)C(C)C)cc1. The van der Waals surface area contributed by atoms with Crippen LogP contribution in [0.5, 0.6) is 0 Å². The molecule has 0 fully saturated rings. The first-order valence-corrected chi connectivity index (χ1v) is 10.3. The number of nitrogens with one attached hydrogen (secondary N) is 2. The lowest BCUT2D eigenvalue weighted by atomic mass is 9.92. The Morgan fingerprint density at radius 1 is 0.966 bits per heavy atom. The van der Waals surface area contributed by atoms with E-state index in [2.05, 4.69) is 62.6 Å². The van der Waals surface area contributed by atoms with E-state index in [9.17, 15) is 9.59 Å². The van der Waals surface area contributed by atoms with E-state index in [1.807, 2.05) is 31.2 Å². The molecule has 0 bridgehead atoms. The van der Waals surface area contributed by atoms with Gasteiger partial charge in [-0.1, -0.05) is 64.1 Å². The van der Waals surface area contributed by atoms with Crippen molar-refractivity contribution in [1.82, 2.24) is 5.32 Å². The summed E-state index contributed by atoms with van der Waals surface area (Å²) in [5, 5.41) is 6.33. The smallest absolute Gasteiger partial charge is 0.244 e. The molecule has 0 saturated carbocycles. The molecule has 2 N–H and O–H groups in total. The second kappa shape index (κ2) is 8.78. The van der Waals surface area contributed by atoms with Crippen LogP contribution in [0.1, 0.15) is 57.7 Å². The fourth-order valence-corrected chi connectivity index (χ4v) is 3.77. The van der Waals surface area contributed by atoms with Crippen molar-refractivity contribution in [2.45, 2.75) is 52.6 Å². The zero-order valence-electron chi connectivity index (χ0n) is 17.9. The molecule has 1 aliphatic heterocycles. The third-order valence-electron chi connectivity index (χ3n) is 5.47.